The van der Waals surface area contributed by atoms with E-state index in [0.29, 0.717) is 11.4 Å². The number of carbonyl (C=O) groups is 1. The molecule has 1 N–H and O–H groups in total. The van der Waals surface area contributed by atoms with Gasteiger partial charge in [-0.1, -0.05) is 30.7 Å². The van der Waals surface area contributed by atoms with Gasteiger partial charge in [-0.25, -0.2) is 8.42 Å². The van der Waals surface area contributed by atoms with Gasteiger partial charge in [-0.3, -0.25) is 4.79 Å². The first-order valence-electron chi connectivity index (χ1n) is 7.81. The molecule has 0 unspecified atom stereocenters. The summed E-state index contributed by atoms with van der Waals surface area (Å²) < 4.78 is 29.7. The van der Waals surface area contributed by atoms with Gasteiger partial charge in [0, 0.05) is 12.1 Å². The third-order valence-electron chi connectivity index (χ3n) is 3.73. The monoisotopic (exact) mass is 381 g/mol. The van der Waals surface area contributed by atoms with Crippen molar-refractivity contribution in [3.05, 3.63) is 53.1 Å². The van der Waals surface area contributed by atoms with Crippen molar-refractivity contribution in [3.63, 3.8) is 0 Å². The second-order valence-corrected chi connectivity index (χ2v) is 7.98. The van der Waals surface area contributed by atoms with Crippen molar-refractivity contribution in [2.45, 2.75) is 24.7 Å². The molecule has 0 heterocycles. The normalized spacial score (nSPS) is 11.2. The first kappa shape index (κ1) is 19.3. The number of carbonyl (C=O) groups excluding carboxylic acids is 1. The fourth-order valence-corrected chi connectivity index (χ4v) is 3.82. The second kappa shape index (κ2) is 8.36. The lowest BCUT2D eigenvalue weighted by Crippen LogP contribution is -2.17. The third-order valence-corrected chi connectivity index (χ3v) is 5.74. The molecule has 0 bridgehead atoms. The minimum atomic E-state index is -3.61. The quantitative estimate of drug-likeness (QED) is 0.793. The zero-order valence-electron chi connectivity index (χ0n) is 14.1. The molecular weight excluding hydrogens is 362 g/mol. The number of hydrogen-bond donors (Lipinski definition) is 1. The van der Waals surface area contributed by atoms with Crippen molar-refractivity contribution in [1.29, 1.82) is 0 Å². The van der Waals surface area contributed by atoms with Crippen molar-refractivity contribution < 1.29 is 17.9 Å². The largest absolute Gasteiger partial charge is 0.495 e. The molecular formula is C18H20ClNO4S. The number of sulfone groups is 1. The standard InChI is InChI=1S/C18H20ClNO4S/c1-3-13-4-6-14(7-5-13)20-18(21)10-11-25(22,23)15-8-9-17(24-2)16(19)12-15/h4-9,12H,3,10-11H2,1-2H3,(H,20,21). The second-order valence-electron chi connectivity index (χ2n) is 5.46. The van der Waals surface area contributed by atoms with Crippen molar-refractivity contribution in [2.75, 3.05) is 18.2 Å². The molecule has 134 valence electrons. The Kier molecular flexibility index (Phi) is 6.45. The van der Waals surface area contributed by atoms with E-state index in [9.17, 15) is 13.2 Å². The number of halogens is 1. The summed E-state index contributed by atoms with van der Waals surface area (Å²) in [6.45, 7) is 2.05. The van der Waals surface area contributed by atoms with Gasteiger partial charge in [0.05, 0.1) is 22.8 Å². The van der Waals surface area contributed by atoms with E-state index in [-0.39, 0.29) is 28.0 Å². The Morgan fingerprint density at radius 3 is 2.40 bits per heavy atom. The minimum Gasteiger partial charge on any atom is -0.495 e. The summed E-state index contributed by atoms with van der Waals surface area (Å²) in [6.07, 6.45) is 0.776. The average molecular weight is 382 g/mol. The molecule has 0 saturated heterocycles. The first-order chi connectivity index (χ1) is 11.9. The first-order valence-corrected chi connectivity index (χ1v) is 9.84. The molecule has 2 aromatic carbocycles. The third kappa shape index (κ3) is 5.21. The Morgan fingerprint density at radius 1 is 1.16 bits per heavy atom. The van der Waals surface area contributed by atoms with Crippen LogP contribution in [0.15, 0.2) is 47.4 Å². The molecule has 0 fully saturated rings. The van der Waals surface area contributed by atoms with E-state index in [1.165, 1.54) is 25.3 Å². The molecule has 2 rings (SSSR count). The van der Waals surface area contributed by atoms with Crippen LogP contribution >= 0.6 is 11.6 Å². The van der Waals surface area contributed by atoms with Gasteiger partial charge in [0.15, 0.2) is 9.84 Å². The molecule has 0 atom stereocenters. The van der Waals surface area contributed by atoms with Crippen LogP contribution in [0, 0.1) is 0 Å². The van der Waals surface area contributed by atoms with Crippen molar-refractivity contribution in [1.82, 2.24) is 0 Å². The van der Waals surface area contributed by atoms with Gasteiger partial charge in [-0.15, -0.1) is 0 Å². The van der Waals surface area contributed by atoms with Crippen molar-refractivity contribution in [2.24, 2.45) is 0 Å². The number of ether oxygens (including phenoxy) is 1. The summed E-state index contributed by atoms with van der Waals surface area (Å²) in [5, 5.41) is 2.91. The highest BCUT2D eigenvalue weighted by Gasteiger charge is 2.18. The average Bonchev–Trinajstić information content (AvgIpc) is 2.60. The van der Waals surface area contributed by atoms with Crippen LogP contribution in [0.4, 0.5) is 5.69 Å². The zero-order valence-corrected chi connectivity index (χ0v) is 15.7. The Morgan fingerprint density at radius 2 is 1.84 bits per heavy atom. The Bertz CT molecular complexity index is 848. The lowest BCUT2D eigenvalue weighted by Gasteiger charge is -2.08. The van der Waals surface area contributed by atoms with E-state index < -0.39 is 9.84 Å². The van der Waals surface area contributed by atoms with E-state index >= 15 is 0 Å². The maximum Gasteiger partial charge on any atom is 0.225 e. The van der Waals surface area contributed by atoms with E-state index in [1.54, 1.807) is 12.1 Å². The van der Waals surface area contributed by atoms with Crippen molar-refractivity contribution >= 4 is 33.0 Å². The van der Waals surface area contributed by atoms with Crippen LogP contribution in [-0.4, -0.2) is 27.2 Å². The van der Waals surface area contributed by atoms with Crippen LogP contribution in [0.25, 0.3) is 0 Å². The molecule has 2 aromatic rings. The molecule has 0 radical (unpaired) electrons. The van der Waals surface area contributed by atoms with Gasteiger partial charge in [0.25, 0.3) is 0 Å². The van der Waals surface area contributed by atoms with Crippen LogP contribution in [0.3, 0.4) is 0 Å². The lowest BCUT2D eigenvalue weighted by molar-refractivity contribution is -0.115. The summed E-state index contributed by atoms with van der Waals surface area (Å²) in [5.41, 5.74) is 1.81. The number of methoxy groups -OCH3 is 1. The predicted molar refractivity (Wildman–Crippen MR) is 99.1 cm³/mol. The highest BCUT2D eigenvalue weighted by atomic mass is 35.5. The fraction of sp³-hybridized carbons (Fsp3) is 0.278. The SMILES string of the molecule is CCc1ccc(NC(=O)CCS(=O)(=O)c2ccc(OC)c(Cl)c2)cc1. The summed E-state index contributed by atoms with van der Waals surface area (Å²) >= 11 is 5.96. The molecule has 0 aliphatic heterocycles. The lowest BCUT2D eigenvalue weighted by atomic mass is 10.1. The summed E-state index contributed by atoms with van der Waals surface area (Å²) in [6, 6.07) is 11.7. The molecule has 5 nitrogen and oxygen atoms in total. The number of anilines is 1. The van der Waals surface area contributed by atoms with Crippen LogP contribution in [0.1, 0.15) is 18.9 Å². The van der Waals surface area contributed by atoms with Crippen LogP contribution in [0.2, 0.25) is 5.02 Å². The number of nitrogens with one attached hydrogen (secondary N) is 1. The fourth-order valence-electron chi connectivity index (χ4n) is 2.23. The number of aryl methyl sites for hydroxylation is 1. The predicted octanol–water partition coefficient (Wildman–Crippen LogP) is 3.71. The van der Waals surface area contributed by atoms with E-state index in [1.807, 2.05) is 19.1 Å². The van der Waals surface area contributed by atoms with Crippen LogP contribution < -0.4 is 10.1 Å². The minimum absolute atomic E-state index is 0.0680. The van der Waals surface area contributed by atoms with Crippen LogP contribution in [0.5, 0.6) is 5.75 Å². The van der Waals surface area contributed by atoms with Gasteiger partial charge in [0.1, 0.15) is 5.75 Å². The molecule has 0 aromatic heterocycles. The van der Waals surface area contributed by atoms with E-state index in [0.717, 1.165) is 12.0 Å². The number of benzene rings is 2. The smallest absolute Gasteiger partial charge is 0.225 e. The van der Waals surface area contributed by atoms with Gasteiger partial charge in [0.2, 0.25) is 5.91 Å². The number of hydrogen-bond acceptors (Lipinski definition) is 4. The molecule has 25 heavy (non-hydrogen) atoms. The van der Waals surface area contributed by atoms with E-state index in [4.69, 9.17) is 16.3 Å². The molecule has 0 spiro atoms. The Hall–Kier alpha value is -2.05. The summed E-state index contributed by atoms with van der Waals surface area (Å²) in [4.78, 5) is 12.1. The zero-order chi connectivity index (χ0) is 18.4. The molecule has 7 heteroatoms. The van der Waals surface area contributed by atoms with E-state index in [2.05, 4.69) is 5.32 Å². The number of rotatable bonds is 7. The topological polar surface area (TPSA) is 72.5 Å². The molecule has 0 saturated carbocycles. The Labute approximate surface area is 152 Å². The molecule has 0 aliphatic rings. The number of amides is 1. The Balaban J connectivity index is 1.98. The van der Waals surface area contributed by atoms with Gasteiger partial charge < -0.3 is 10.1 Å². The highest BCUT2D eigenvalue weighted by Crippen LogP contribution is 2.27. The molecule has 0 aliphatic carbocycles. The summed E-state index contributed by atoms with van der Waals surface area (Å²) in [7, 11) is -2.16. The highest BCUT2D eigenvalue weighted by molar-refractivity contribution is 7.91. The molecule has 1 amide bonds. The van der Waals surface area contributed by atoms with Gasteiger partial charge in [-0.2, -0.15) is 0 Å². The van der Waals surface area contributed by atoms with Gasteiger partial charge >= 0.3 is 0 Å². The maximum absolute atomic E-state index is 12.3. The van der Waals surface area contributed by atoms with Gasteiger partial charge in [-0.05, 0) is 42.3 Å². The van der Waals surface area contributed by atoms with Crippen molar-refractivity contribution in [3.8, 4) is 5.75 Å². The maximum atomic E-state index is 12.3. The summed E-state index contributed by atoms with van der Waals surface area (Å²) in [5.74, 6) is -0.254. The van der Waals surface area contributed by atoms with Crippen LogP contribution in [-0.2, 0) is 21.1 Å².